The summed E-state index contributed by atoms with van der Waals surface area (Å²) in [5.74, 6) is 0.664. The number of benzene rings is 1. The molecule has 0 unspecified atom stereocenters. The van der Waals surface area contributed by atoms with Crippen molar-refractivity contribution in [3.63, 3.8) is 0 Å². The second-order valence-corrected chi connectivity index (χ2v) is 6.65. The van der Waals surface area contributed by atoms with E-state index in [0.29, 0.717) is 28.7 Å². The fraction of sp³-hybridized carbons (Fsp3) is 0.250. The van der Waals surface area contributed by atoms with Gasteiger partial charge in [-0.3, -0.25) is 4.98 Å². The van der Waals surface area contributed by atoms with Crippen molar-refractivity contribution in [1.29, 1.82) is 0 Å². The molecular weight excluding hydrogens is 383 g/mol. The molecule has 0 aliphatic heterocycles. The Balaban J connectivity index is 1.92. The molecule has 0 saturated heterocycles. The first-order chi connectivity index (χ1) is 13.7. The van der Waals surface area contributed by atoms with Gasteiger partial charge in [-0.2, -0.15) is 4.98 Å². The normalized spacial score (nSPS) is 11.4. The quantitative estimate of drug-likeness (QED) is 0.581. The summed E-state index contributed by atoms with van der Waals surface area (Å²) in [5, 5.41) is 6.31. The minimum atomic E-state index is -4.73. The number of nitrogens with zero attached hydrogens (tertiary/aromatic N) is 3. The molecule has 2 aromatic heterocycles. The number of nitrogens with one attached hydrogen (secondary N) is 2. The Bertz CT molecular complexity index is 978. The largest absolute Gasteiger partial charge is 0.573 e. The van der Waals surface area contributed by atoms with Crippen molar-refractivity contribution < 1.29 is 17.9 Å². The van der Waals surface area contributed by atoms with Crippen LogP contribution in [0.2, 0.25) is 0 Å². The summed E-state index contributed by atoms with van der Waals surface area (Å²) < 4.78 is 41.2. The average molecular weight is 403 g/mol. The van der Waals surface area contributed by atoms with Crippen LogP contribution in [0.3, 0.4) is 0 Å². The molecule has 152 valence electrons. The minimum Gasteiger partial charge on any atom is -0.406 e. The second-order valence-electron chi connectivity index (χ2n) is 6.65. The van der Waals surface area contributed by atoms with Crippen molar-refractivity contribution in [3.8, 4) is 17.0 Å². The van der Waals surface area contributed by atoms with Crippen LogP contribution in [0, 0.1) is 6.92 Å². The summed E-state index contributed by atoms with van der Waals surface area (Å²) in [6, 6.07) is 9.63. The van der Waals surface area contributed by atoms with Gasteiger partial charge in [0.2, 0.25) is 5.95 Å². The zero-order valence-electron chi connectivity index (χ0n) is 16.1. The van der Waals surface area contributed by atoms with E-state index in [0.717, 1.165) is 5.56 Å². The van der Waals surface area contributed by atoms with Crippen molar-refractivity contribution in [2.45, 2.75) is 33.2 Å². The Morgan fingerprint density at radius 3 is 2.34 bits per heavy atom. The number of hydrogen-bond acceptors (Lipinski definition) is 6. The van der Waals surface area contributed by atoms with E-state index in [2.05, 4.69) is 30.3 Å². The number of halogens is 3. The molecule has 2 heterocycles. The molecule has 0 atom stereocenters. The van der Waals surface area contributed by atoms with Gasteiger partial charge in [-0.05, 0) is 56.7 Å². The molecule has 6 nitrogen and oxygen atoms in total. The molecule has 3 rings (SSSR count). The lowest BCUT2D eigenvalue weighted by Crippen LogP contribution is -2.17. The maximum Gasteiger partial charge on any atom is 0.573 e. The SMILES string of the molecule is Cc1cc(OC(F)(F)F)ccc1Nc1cc(-c2ccncc2)nc(NC(C)C)n1. The summed E-state index contributed by atoms with van der Waals surface area (Å²) in [5.41, 5.74) is 2.73. The van der Waals surface area contributed by atoms with E-state index >= 15 is 0 Å². The molecule has 9 heteroatoms. The number of aromatic nitrogens is 3. The summed E-state index contributed by atoms with van der Waals surface area (Å²) in [7, 11) is 0. The third-order valence-electron chi connectivity index (χ3n) is 3.81. The smallest absolute Gasteiger partial charge is 0.406 e. The summed E-state index contributed by atoms with van der Waals surface area (Å²) in [6.07, 6.45) is -1.39. The molecular formula is C20H20F3N5O. The van der Waals surface area contributed by atoms with Crippen LogP contribution in [0.4, 0.5) is 30.6 Å². The maximum absolute atomic E-state index is 12.4. The molecule has 0 spiro atoms. The maximum atomic E-state index is 12.4. The Morgan fingerprint density at radius 2 is 1.72 bits per heavy atom. The van der Waals surface area contributed by atoms with Crippen LogP contribution in [0.1, 0.15) is 19.4 Å². The van der Waals surface area contributed by atoms with E-state index in [1.807, 2.05) is 26.0 Å². The van der Waals surface area contributed by atoms with Crippen LogP contribution in [-0.2, 0) is 0 Å². The van der Waals surface area contributed by atoms with E-state index in [4.69, 9.17) is 0 Å². The Kier molecular flexibility index (Phi) is 5.86. The summed E-state index contributed by atoms with van der Waals surface area (Å²) in [6.45, 7) is 5.63. The highest BCUT2D eigenvalue weighted by molar-refractivity contribution is 5.68. The van der Waals surface area contributed by atoms with E-state index in [1.165, 1.54) is 18.2 Å². The number of anilines is 3. The third kappa shape index (κ3) is 5.81. The van der Waals surface area contributed by atoms with Gasteiger partial charge in [-0.25, -0.2) is 4.98 Å². The molecule has 0 bridgehead atoms. The van der Waals surface area contributed by atoms with Crippen LogP contribution >= 0.6 is 0 Å². The molecule has 0 amide bonds. The van der Waals surface area contributed by atoms with Crippen molar-refractivity contribution in [1.82, 2.24) is 15.0 Å². The van der Waals surface area contributed by atoms with Crippen molar-refractivity contribution in [2.24, 2.45) is 0 Å². The van der Waals surface area contributed by atoms with Crippen LogP contribution < -0.4 is 15.4 Å². The first-order valence-corrected chi connectivity index (χ1v) is 8.89. The number of rotatable bonds is 6. The van der Waals surface area contributed by atoms with Crippen LogP contribution in [0.25, 0.3) is 11.3 Å². The van der Waals surface area contributed by atoms with Gasteiger partial charge < -0.3 is 15.4 Å². The topological polar surface area (TPSA) is 72.0 Å². The first-order valence-electron chi connectivity index (χ1n) is 8.89. The monoisotopic (exact) mass is 403 g/mol. The molecule has 29 heavy (non-hydrogen) atoms. The summed E-state index contributed by atoms with van der Waals surface area (Å²) in [4.78, 5) is 13.0. The van der Waals surface area contributed by atoms with Crippen molar-refractivity contribution >= 4 is 17.5 Å². The predicted octanol–water partition coefficient (Wildman–Crippen LogP) is 5.31. The van der Waals surface area contributed by atoms with Gasteiger partial charge in [0.15, 0.2) is 0 Å². The van der Waals surface area contributed by atoms with Gasteiger partial charge in [-0.15, -0.1) is 13.2 Å². The molecule has 0 fully saturated rings. The molecule has 0 aliphatic rings. The lowest BCUT2D eigenvalue weighted by molar-refractivity contribution is -0.274. The number of pyridine rings is 1. The fourth-order valence-electron chi connectivity index (χ4n) is 2.62. The summed E-state index contributed by atoms with van der Waals surface area (Å²) >= 11 is 0. The zero-order chi connectivity index (χ0) is 21.0. The van der Waals surface area contributed by atoms with Gasteiger partial charge in [-0.1, -0.05) is 0 Å². The van der Waals surface area contributed by atoms with Gasteiger partial charge >= 0.3 is 6.36 Å². The molecule has 2 N–H and O–H groups in total. The van der Waals surface area contributed by atoms with Gasteiger partial charge in [0.25, 0.3) is 0 Å². The average Bonchev–Trinajstić information content (AvgIpc) is 2.63. The minimum absolute atomic E-state index is 0.121. The highest BCUT2D eigenvalue weighted by atomic mass is 19.4. The number of aryl methyl sites for hydroxylation is 1. The Hall–Kier alpha value is -3.36. The van der Waals surface area contributed by atoms with Gasteiger partial charge in [0.05, 0.1) is 5.69 Å². The van der Waals surface area contributed by atoms with Gasteiger partial charge in [0.1, 0.15) is 11.6 Å². The Morgan fingerprint density at radius 1 is 1.00 bits per heavy atom. The molecule has 1 aromatic carbocycles. The van der Waals surface area contributed by atoms with E-state index in [-0.39, 0.29) is 11.8 Å². The van der Waals surface area contributed by atoms with Crippen LogP contribution in [-0.4, -0.2) is 27.4 Å². The zero-order valence-corrected chi connectivity index (χ0v) is 16.1. The van der Waals surface area contributed by atoms with Crippen molar-refractivity contribution in [2.75, 3.05) is 10.6 Å². The third-order valence-corrected chi connectivity index (χ3v) is 3.81. The highest BCUT2D eigenvalue weighted by Gasteiger charge is 2.31. The number of ether oxygens (including phenoxy) is 1. The predicted molar refractivity (Wildman–Crippen MR) is 105 cm³/mol. The fourth-order valence-corrected chi connectivity index (χ4v) is 2.62. The molecule has 0 radical (unpaired) electrons. The lowest BCUT2D eigenvalue weighted by atomic mass is 10.1. The van der Waals surface area contributed by atoms with Crippen LogP contribution in [0.15, 0.2) is 48.8 Å². The Labute approximate surface area is 166 Å². The van der Waals surface area contributed by atoms with E-state index in [1.54, 1.807) is 25.4 Å². The molecule has 0 aliphatic carbocycles. The first kappa shape index (κ1) is 20.4. The van der Waals surface area contributed by atoms with E-state index in [9.17, 15) is 13.2 Å². The highest BCUT2D eigenvalue weighted by Crippen LogP contribution is 2.29. The number of hydrogen-bond donors (Lipinski definition) is 2. The van der Waals surface area contributed by atoms with Crippen LogP contribution in [0.5, 0.6) is 5.75 Å². The van der Waals surface area contributed by atoms with E-state index < -0.39 is 6.36 Å². The lowest BCUT2D eigenvalue weighted by Gasteiger charge is -2.15. The second kappa shape index (κ2) is 8.34. The number of alkyl halides is 3. The van der Waals surface area contributed by atoms with Gasteiger partial charge in [0, 0.05) is 35.8 Å². The molecule has 3 aromatic rings. The molecule has 0 saturated carbocycles. The standard InChI is InChI=1S/C20H20F3N5O/c1-12(2)25-19-27-17(14-6-8-24-9-7-14)11-18(28-19)26-16-5-4-15(10-13(16)3)29-20(21,22)23/h4-12H,1-3H3,(H2,25,26,27,28). The van der Waals surface area contributed by atoms with Crippen molar-refractivity contribution in [3.05, 3.63) is 54.4 Å².